The van der Waals surface area contributed by atoms with Gasteiger partial charge in [0.1, 0.15) is 6.04 Å². The summed E-state index contributed by atoms with van der Waals surface area (Å²) in [6.45, 7) is 10.2. The van der Waals surface area contributed by atoms with Gasteiger partial charge in [-0.05, 0) is 30.4 Å². The highest BCUT2D eigenvalue weighted by Gasteiger charge is 2.76. The fourth-order valence-corrected chi connectivity index (χ4v) is 9.64. The van der Waals surface area contributed by atoms with E-state index in [4.69, 9.17) is 4.74 Å². The summed E-state index contributed by atoms with van der Waals surface area (Å²) < 4.78 is 4.73. The highest BCUT2D eigenvalue weighted by atomic mass is 32.2. The first-order chi connectivity index (χ1) is 18.8. The molecule has 9 nitrogen and oxygen atoms in total. The molecular formula is C29H42N4O5S. The number of hydrogen-bond acceptors (Lipinski definition) is 7. The summed E-state index contributed by atoms with van der Waals surface area (Å²) in [4.78, 5) is 46.1. The Morgan fingerprint density at radius 3 is 2.59 bits per heavy atom. The summed E-state index contributed by atoms with van der Waals surface area (Å²) in [5, 5.41) is 16.6. The molecule has 0 radical (unpaired) electrons. The molecule has 10 heteroatoms. The fourth-order valence-electron chi connectivity index (χ4n) is 7.24. The number of benzene rings is 1. The molecule has 1 spiro atoms. The van der Waals surface area contributed by atoms with Gasteiger partial charge < -0.3 is 25.4 Å². The number of carbonyl (C=O) groups is 3. The average molecular weight is 559 g/mol. The maximum absolute atomic E-state index is 14.4. The lowest BCUT2D eigenvalue weighted by Crippen LogP contribution is -2.59. The molecule has 214 valence electrons. The van der Waals surface area contributed by atoms with Crippen molar-refractivity contribution in [3.8, 4) is 0 Å². The van der Waals surface area contributed by atoms with Gasteiger partial charge in [-0.3, -0.25) is 19.3 Å². The fraction of sp³-hybridized carbons (Fsp3) is 0.690. The van der Waals surface area contributed by atoms with E-state index in [-0.39, 0.29) is 41.4 Å². The van der Waals surface area contributed by atoms with E-state index in [0.717, 1.165) is 25.9 Å². The third-order valence-electron chi connectivity index (χ3n) is 9.45. The van der Waals surface area contributed by atoms with Crippen molar-refractivity contribution in [2.24, 2.45) is 23.7 Å². The van der Waals surface area contributed by atoms with Crippen molar-refractivity contribution in [2.75, 3.05) is 51.3 Å². The first-order valence-electron chi connectivity index (χ1n) is 14.4. The average Bonchev–Trinajstić information content (AvgIpc) is 3.54. The van der Waals surface area contributed by atoms with Crippen LogP contribution in [0.15, 0.2) is 30.3 Å². The molecule has 3 unspecified atom stereocenters. The van der Waals surface area contributed by atoms with Gasteiger partial charge in [0.25, 0.3) is 0 Å². The molecule has 4 saturated heterocycles. The van der Waals surface area contributed by atoms with Gasteiger partial charge in [0.2, 0.25) is 17.7 Å². The van der Waals surface area contributed by atoms with Crippen LogP contribution >= 0.6 is 11.8 Å². The van der Waals surface area contributed by atoms with Crippen LogP contribution in [0.25, 0.3) is 0 Å². The smallest absolute Gasteiger partial charge is 0.244 e. The van der Waals surface area contributed by atoms with Crippen molar-refractivity contribution in [3.63, 3.8) is 0 Å². The Morgan fingerprint density at radius 2 is 1.92 bits per heavy atom. The Kier molecular flexibility index (Phi) is 8.56. The predicted molar refractivity (Wildman–Crippen MR) is 151 cm³/mol. The highest BCUT2D eigenvalue weighted by Crippen LogP contribution is 2.69. The number of carbonyl (C=O) groups excluding carboxylic acids is 3. The first-order valence-corrected chi connectivity index (χ1v) is 15.3. The number of anilines is 1. The lowest BCUT2D eigenvalue weighted by molar-refractivity contribution is -0.143. The van der Waals surface area contributed by atoms with Gasteiger partial charge in [0, 0.05) is 37.1 Å². The van der Waals surface area contributed by atoms with Gasteiger partial charge in [0.05, 0.1) is 42.4 Å². The Labute approximate surface area is 235 Å². The van der Waals surface area contributed by atoms with Gasteiger partial charge >= 0.3 is 0 Å². The zero-order valence-electron chi connectivity index (χ0n) is 23.2. The Hall–Kier alpha value is -2.14. The van der Waals surface area contributed by atoms with Gasteiger partial charge in [-0.15, -0.1) is 11.8 Å². The number of fused-ring (bicyclic) bond motifs is 1. The van der Waals surface area contributed by atoms with Gasteiger partial charge in [-0.1, -0.05) is 45.4 Å². The number of nitrogens with one attached hydrogen (secondary N) is 2. The number of amides is 3. The van der Waals surface area contributed by atoms with Gasteiger partial charge in [0.15, 0.2) is 0 Å². The Bertz CT molecular complexity index is 1050. The molecule has 2 bridgehead atoms. The monoisotopic (exact) mass is 558 g/mol. The molecule has 3 N–H and O–H groups in total. The maximum atomic E-state index is 14.4. The number of rotatable bonds is 10. The lowest BCUT2D eigenvalue weighted by Gasteiger charge is -2.41. The second-order valence-corrected chi connectivity index (χ2v) is 13.1. The summed E-state index contributed by atoms with van der Waals surface area (Å²) >= 11 is 1.66. The minimum atomic E-state index is -0.731. The minimum absolute atomic E-state index is 0.00641. The summed E-state index contributed by atoms with van der Waals surface area (Å²) in [6.07, 6.45) is 1.54. The van der Waals surface area contributed by atoms with E-state index in [1.165, 1.54) is 0 Å². The van der Waals surface area contributed by atoms with Crippen molar-refractivity contribution in [2.45, 2.75) is 55.7 Å². The molecule has 4 heterocycles. The molecule has 5 rings (SSSR count). The van der Waals surface area contributed by atoms with Crippen LogP contribution in [0, 0.1) is 23.7 Å². The normalized spacial score (nSPS) is 33.6. The number of aliphatic hydroxyl groups excluding tert-OH is 1. The van der Waals surface area contributed by atoms with E-state index < -0.39 is 28.7 Å². The molecule has 4 aliphatic heterocycles. The van der Waals surface area contributed by atoms with E-state index in [1.54, 1.807) is 16.7 Å². The standard InChI is InChI=1S/C29H42N4O5S/c1-4-18(2)21(17-34)33-25(27(36)30-10-11-32-12-14-38-15-13-32)29-19(3)16-22(39-29)23(24(29)28(33)37)26(35)31-20-8-6-5-7-9-20/h5-9,18-19,21-25,34H,4,10-17H2,1-3H3,(H,30,36)(H,31,35)/t18-,19?,21-,22-,23+,24-,25?,29?/m0/s1. The van der Waals surface area contributed by atoms with E-state index in [0.29, 0.717) is 32.0 Å². The van der Waals surface area contributed by atoms with E-state index in [1.807, 2.05) is 44.2 Å². The first kappa shape index (κ1) is 28.4. The van der Waals surface area contributed by atoms with Crippen molar-refractivity contribution in [1.82, 2.24) is 15.1 Å². The van der Waals surface area contributed by atoms with E-state index in [2.05, 4.69) is 22.5 Å². The highest BCUT2D eigenvalue weighted by molar-refractivity contribution is 8.02. The number of nitrogens with zero attached hydrogens (tertiary/aromatic N) is 2. The number of likely N-dealkylation sites (tertiary alicyclic amines) is 1. The number of hydrogen-bond donors (Lipinski definition) is 3. The molecule has 0 aliphatic carbocycles. The third kappa shape index (κ3) is 4.98. The lowest BCUT2D eigenvalue weighted by atomic mass is 9.66. The number of para-hydroxylation sites is 1. The summed E-state index contributed by atoms with van der Waals surface area (Å²) in [7, 11) is 0. The molecular weight excluding hydrogens is 516 g/mol. The number of thioether (sulfide) groups is 1. The molecule has 39 heavy (non-hydrogen) atoms. The third-order valence-corrected chi connectivity index (χ3v) is 11.5. The van der Waals surface area contributed by atoms with Crippen LogP contribution in [0.1, 0.15) is 33.6 Å². The largest absolute Gasteiger partial charge is 0.394 e. The van der Waals surface area contributed by atoms with Crippen LogP contribution in [-0.4, -0.2) is 101 Å². The summed E-state index contributed by atoms with van der Waals surface area (Å²) in [5.41, 5.74) is 0.699. The Balaban J connectivity index is 1.44. The topological polar surface area (TPSA) is 111 Å². The van der Waals surface area contributed by atoms with Crippen molar-refractivity contribution in [3.05, 3.63) is 30.3 Å². The summed E-state index contributed by atoms with van der Waals surface area (Å²) in [6, 6.07) is 8.10. The number of ether oxygens (including phenoxy) is 1. The van der Waals surface area contributed by atoms with Crippen LogP contribution in [-0.2, 0) is 19.1 Å². The van der Waals surface area contributed by atoms with Crippen molar-refractivity contribution >= 4 is 35.2 Å². The van der Waals surface area contributed by atoms with Crippen molar-refractivity contribution in [1.29, 1.82) is 0 Å². The number of aliphatic hydroxyl groups is 1. The Morgan fingerprint density at radius 1 is 1.21 bits per heavy atom. The van der Waals surface area contributed by atoms with E-state index >= 15 is 0 Å². The molecule has 1 aromatic carbocycles. The summed E-state index contributed by atoms with van der Waals surface area (Å²) in [5.74, 6) is -1.55. The predicted octanol–water partition coefficient (Wildman–Crippen LogP) is 1.82. The molecule has 0 aromatic heterocycles. The molecule has 4 aliphatic rings. The van der Waals surface area contributed by atoms with Crippen LogP contribution in [0.2, 0.25) is 0 Å². The molecule has 8 atom stereocenters. The zero-order chi connectivity index (χ0) is 27.7. The van der Waals surface area contributed by atoms with Crippen LogP contribution in [0.5, 0.6) is 0 Å². The van der Waals surface area contributed by atoms with Gasteiger partial charge in [-0.25, -0.2) is 0 Å². The quantitative estimate of drug-likeness (QED) is 0.402. The van der Waals surface area contributed by atoms with Crippen LogP contribution in [0.3, 0.4) is 0 Å². The second-order valence-electron chi connectivity index (χ2n) is 11.5. The van der Waals surface area contributed by atoms with Crippen LogP contribution in [0.4, 0.5) is 5.69 Å². The molecule has 4 fully saturated rings. The molecule has 1 aromatic rings. The minimum Gasteiger partial charge on any atom is -0.394 e. The SMILES string of the molecule is CC[C@H](C)[C@H](CO)N1C(=O)[C@@H]2[C@H](C(=O)Nc3ccccc3)[C@@H]3CC(C)C2(S3)C1C(=O)NCCN1CCOCC1. The molecule has 0 saturated carbocycles. The number of morpholine rings is 1. The van der Waals surface area contributed by atoms with Crippen LogP contribution < -0.4 is 10.6 Å². The second kappa shape index (κ2) is 11.8. The van der Waals surface area contributed by atoms with Crippen molar-refractivity contribution < 1.29 is 24.2 Å². The molecule has 3 amide bonds. The van der Waals surface area contributed by atoms with Gasteiger partial charge in [-0.2, -0.15) is 0 Å². The zero-order valence-corrected chi connectivity index (χ0v) is 24.0. The maximum Gasteiger partial charge on any atom is 0.244 e. The van der Waals surface area contributed by atoms with E-state index in [9.17, 15) is 19.5 Å².